The van der Waals surface area contributed by atoms with E-state index in [1.807, 2.05) is 6.07 Å². The van der Waals surface area contributed by atoms with Gasteiger partial charge in [-0.25, -0.2) is 27.8 Å². The van der Waals surface area contributed by atoms with E-state index in [0.717, 1.165) is 38.1 Å². The molecule has 1 atom stereocenters. The van der Waals surface area contributed by atoms with Crippen LogP contribution in [0.2, 0.25) is 0 Å². The number of pyridine rings is 1. The van der Waals surface area contributed by atoms with E-state index in [-0.39, 0.29) is 11.8 Å². The van der Waals surface area contributed by atoms with Crippen LogP contribution in [-0.4, -0.2) is 36.5 Å². The van der Waals surface area contributed by atoms with Crippen LogP contribution in [-0.2, 0) is 15.8 Å². The first-order valence-corrected chi connectivity index (χ1v) is 14.1. The molecule has 2 aromatic heterocycles. The second-order valence-corrected chi connectivity index (χ2v) is 10.9. The zero-order chi connectivity index (χ0) is 28.1. The number of nitrogens with one attached hydrogen (secondary N) is 2. The summed E-state index contributed by atoms with van der Waals surface area (Å²) in [4.78, 5) is 13.3. The average Bonchev–Trinajstić information content (AvgIpc) is 2.98. The van der Waals surface area contributed by atoms with E-state index in [1.165, 1.54) is 30.5 Å². The number of anilines is 1. The first kappa shape index (κ1) is 27.1. The highest BCUT2D eigenvalue weighted by molar-refractivity contribution is 7.91. The second kappa shape index (κ2) is 11.7. The average molecular weight is 563 g/mol. The molecule has 5 rings (SSSR count). The van der Waals surface area contributed by atoms with Crippen molar-refractivity contribution in [1.29, 1.82) is 5.26 Å². The van der Waals surface area contributed by atoms with E-state index in [2.05, 4.69) is 25.0 Å². The summed E-state index contributed by atoms with van der Waals surface area (Å²) in [5, 5.41) is 12.2. The minimum Gasteiger partial charge on any atom is -0.435 e. The topological polar surface area (TPSA) is 130 Å². The van der Waals surface area contributed by atoms with Gasteiger partial charge in [-0.05, 0) is 67.4 Å². The third kappa shape index (κ3) is 6.22. The van der Waals surface area contributed by atoms with E-state index in [9.17, 15) is 12.8 Å². The van der Waals surface area contributed by atoms with Gasteiger partial charge in [-0.1, -0.05) is 12.1 Å². The summed E-state index contributed by atoms with van der Waals surface area (Å²) >= 11 is 0. The third-order valence-corrected chi connectivity index (χ3v) is 7.59. The van der Waals surface area contributed by atoms with Crippen LogP contribution in [0.5, 0.6) is 11.6 Å². The van der Waals surface area contributed by atoms with Crippen LogP contribution in [0.4, 0.5) is 14.5 Å². The molecular formula is C28H24F2N6O3S. The van der Waals surface area contributed by atoms with Gasteiger partial charge in [0.1, 0.15) is 5.82 Å². The van der Waals surface area contributed by atoms with Crippen molar-refractivity contribution < 1.29 is 21.9 Å². The smallest absolute Gasteiger partial charge is 0.237 e. The zero-order valence-corrected chi connectivity index (χ0v) is 22.0. The molecule has 1 fully saturated rings. The number of rotatable bonds is 8. The highest BCUT2D eigenvalue weighted by Gasteiger charge is 2.22. The maximum absolute atomic E-state index is 15.0. The molecule has 1 aliphatic heterocycles. The minimum atomic E-state index is -4.09. The molecule has 40 heavy (non-hydrogen) atoms. The number of hydrogen-bond acceptors (Lipinski definition) is 8. The van der Waals surface area contributed by atoms with Crippen LogP contribution in [0, 0.1) is 23.0 Å². The lowest BCUT2D eigenvalue weighted by Crippen LogP contribution is -2.29. The van der Waals surface area contributed by atoms with Crippen LogP contribution in [0.1, 0.15) is 35.7 Å². The Bertz CT molecular complexity index is 1670. The fraction of sp³-hybridized carbons (Fsp3) is 0.214. The van der Waals surface area contributed by atoms with Gasteiger partial charge in [0.05, 0.1) is 34.3 Å². The molecule has 0 bridgehead atoms. The highest BCUT2D eigenvalue weighted by Crippen LogP contribution is 2.34. The van der Waals surface area contributed by atoms with Gasteiger partial charge in [0, 0.05) is 24.9 Å². The summed E-state index contributed by atoms with van der Waals surface area (Å²) in [5.74, 6) is -2.93. The SMILES string of the molecule is N#Cc1ccc(CS(=O)(=O)Nc2ccc(Oc3ncccc3-c3ccnc(C4CCCNC4)n3)c(F)c2F)cc1. The van der Waals surface area contributed by atoms with Crippen molar-refractivity contribution in [3.8, 4) is 29.0 Å². The van der Waals surface area contributed by atoms with E-state index >= 15 is 4.39 Å². The summed E-state index contributed by atoms with van der Waals surface area (Å²) in [5.41, 5.74) is 1.16. The third-order valence-electron chi connectivity index (χ3n) is 6.34. The van der Waals surface area contributed by atoms with Crippen molar-refractivity contribution in [3.05, 3.63) is 95.6 Å². The summed E-state index contributed by atoms with van der Waals surface area (Å²) in [6.07, 6.45) is 5.07. The molecule has 1 unspecified atom stereocenters. The Balaban J connectivity index is 1.36. The van der Waals surface area contributed by atoms with Gasteiger partial charge in [-0.2, -0.15) is 9.65 Å². The van der Waals surface area contributed by atoms with Crippen molar-refractivity contribution in [1.82, 2.24) is 20.3 Å². The lowest BCUT2D eigenvalue weighted by Gasteiger charge is -2.21. The molecule has 2 aromatic carbocycles. The Kier molecular flexibility index (Phi) is 7.95. The maximum Gasteiger partial charge on any atom is 0.237 e. The summed E-state index contributed by atoms with van der Waals surface area (Å²) < 4.78 is 62.9. The first-order valence-electron chi connectivity index (χ1n) is 12.5. The lowest BCUT2D eigenvalue weighted by molar-refractivity contribution is 0.407. The number of nitrogens with zero attached hydrogens (tertiary/aromatic N) is 4. The predicted octanol–water partition coefficient (Wildman–Crippen LogP) is 4.89. The largest absolute Gasteiger partial charge is 0.435 e. The van der Waals surface area contributed by atoms with Crippen molar-refractivity contribution in [3.63, 3.8) is 0 Å². The van der Waals surface area contributed by atoms with Crippen molar-refractivity contribution >= 4 is 15.7 Å². The van der Waals surface area contributed by atoms with Gasteiger partial charge in [0.25, 0.3) is 0 Å². The predicted molar refractivity (Wildman–Crippen MR) is 144 cm³/mol. The number of aromatic nitrogens is 3. The van der Waals surface area contributed by atoms with Crippen LogP contribution >= 0.6 is 0 Å². The van der Waals surface area contributed by atoms with Crippen LogP contribution < -0.4 is 14.8 Å². The summed E-state index contributed by atoms with van der Waals surface area (Å²) in [7, 11) is -4.09. The van der Waals surface area contributed by atoms with Crippen molar-refractivity contribution in [2.75, 3.05) is 17.8 Å². The Morgan fingerprint density at radius 2 is 1.88 bits per heavy atom. The molecule has 0 aliphatic carbocycles. The summed E-state index contributed by atoms with van der Waals surface area (Å²) in [6, 6.07) is 15.1. The molecule has 12 heteroatoms. The Morgan fingerprint density at radius 1 is 1.05 bits per heavy atom. The van der Waals surface area contributed by atoms with Crippen molar-refractivity contribution in [2.45, 2.75) is 24.5 Å². The Morgan fingerprint density at radius 3 is 2.62 bits per heavy atom. The lowest BCUT2D eigenvalue weighted by atomic mass is 9.98. The van der Waals surface area contributed by atoms with Gasteiger partial charge in [0.2, 0.25) is 21.7 Å². The normalized spacial score (nSPS) is 15.3. The monoisotopic (exact) mass is 562 g/mol. The molecule has 0 saturated carbocycles. The number of hydrogen-bond donors (Lipinski definition) is 2. The fourth-order valence-electron chi connectivity index (χ4n) is 4.35. The minimum absolute atomic E-state index is 0.00126. The van der Waals surface area contributed by atoms with Gasteiger partial charge in [0.15, 0.2) is 11.6 Å². The van der Waals surface area contributed by atoms with Crippen molar-refractivity contribution in [2.24, 2.45) is 0 Å². The van der Waals surface area contributed by atoms with Gasteiger partial charge in [-0.15, -0.1) is 0 Å². The van der Waals surface area contributed by atoms with Gasteiger partial charge in [-0.3, -0.25) is 4.72 Å². The number of piperidine rings is 1. The van der Waals surface area contributed by atoms with E-state index in [4.69, 9.17) is 10.00 Å². The van der Waals surface area contributed by atoms with Gasteiger partial charge >= 0.3 is 0 Å². The van der Waals surface area contributed by atoms with Crippen LogP contribution in [0.3, 0.4) is 0 Å². The molecule has 9 nitrogen and oxygen atoms in total. The molecule has 2 N–H and O–H groups in total. The van der Waals surface area contributed by atoms with E-state index in [1.54, 1.807) is 24.4 Å². The van der Waals surface area contributed by atoms with Crippen LogP contribution in [0.25, 0.3) is 11.3 Å². The molecule has 0 radical (unpaired) electrons. The molecule has 4 aromatic rings. The first-order chi connectivity index (χ1) is 19.3. The molecule has 0 amide bonds. The number of ether oxygens (including phenoxy) is 1. The molecule has 3 heterocycles. The van der Waals surface area contributed by atoms with E-state index in [0.29, 0.717) is 28.2 Å². The van der Waals surface area contributed by atoms with Crippen LogP contribution in [0.15, 0.2) is 67.0 Å². The molecule has 204 valence electrons. The second-order valence-electron chi connectivity index (χ2n) is 9.21. The zero-order valence-electron chi connectivity index (χ0n) is 21.1. The summed E-state index contributed by atoms with van der Waals surface area (Å²) in [6.45, 7) is 1.73. The number of nitriles is 1. The molecule has 0 spiro atoms. The number of halogens is 2. The highest BCUT2D eigenvalue weighted by atomic mass is 32.2. The van der Waals surface area contributed by atoms with Gasteiger partial charge < -0.3 is 10.1 Å². The Labute approximate surface area is 230 Å². The molecular weight excluding hydrogens is 538 g/mol. The van der Waals surface area contributed by atoms with E-state index < -0.39 is 38.8 Å². The maximum atomic E-state index is 15.0. The number of benzene rings is 2. The quantitative estimate of drug-likeness (QED) is 0.311. The fourth-order valence-corrected chi connectivity index (χ4v) is 5.55. The molecule has 1 aliphatic rings. The Hall–Kier alpha value is -4.47. The standard InChI is InChI=1S/C28H24F2N6O3S/c29-25-23(36-40(37,38)17-19-7-5-18(15-31)6-8-19)9-10-24(26(25)30)39-28-21(4-2-13-34-28)22-11-14-33-27(35-22)20-3-1-12-32-16-20/h2,4-11,13-14,20,32,36H,1,3,12,16-17H2. The number of sulfonamides is 1. The molecule has 1 saturated heterocycles.